The summed E-state index contributed by atoms with van der Waals surface area (Å²) in [5, 5.41) is 6.32. The monoisotopic (exact) mass is 357 g/mol. The van der Waals surface area contributed by atoms with Crippen LogP contribution in [0.1, 0.15) is 71.5 Å². The standard InChI is InChI=1S/C17H25F2N3O3/c1-10(23)11-5-7-12(8-6-11)22-9-13(14(21-22)15(18)19)20-16(24)25-17(2,3)4/h9,11-12,15H,5-8H2,1-4H3,(H,20,24)/t11-,12-. The number of ether oxygens (including phenoxy) is 1. The molecule has 0 bridgehead atoms. The van der Waals surface area contributed by atoms with Gasteiger partial charge < -0.3 is 4.74 Å². The first-order valence-electron chi connectivity index (χ1n) is 8.44. The van der Waals surface area contributed by atoms with Crippen molar-refractivity contribution in [3.8, 4) is 0 Å². The molecule has 1 N–H and O–H groups in total. The van der Waals surface area contributed by atoms with E-state index in [0.717, 1.165) is 12.8 Å². The molecule has 0 spiro atoms. The van der Waals surface area contributed by atoms with Crippen LogP contribution in [0.2, 0.25) is 0 Å². The second-order valence-electron chi connectivity index (χ2n) is 7.45. The molecule has 0 unspecified atom stereocenters. The highest BCUT2D eigenvalue weighted by molar-refractivity contribution is 5.85. The minimum atomic E-state index is -2.81. The number of nitrogens with zero attached hydrogens (tertiary/aromatic N) is 2. The van der Waals surface area contributed by atoms with Gasteiger partial charge in [-0.3, -0.25) is 14.8 Å². The van der Waals surface area contributed by atoms with E-state index in [4.69, 9.17) is 4.74 Å². The normalized spacial score (nSPS) is 21.2. The summed E-state index contributed by atoms with van der Waals surface area (Å²) in [6.45, 7) is 6.66. The SMILES string of the molecule is CC(=O)[C@H]1CC[C@H](n2cc(NC(=O)OC(C)(C)C)c(C(F)F)n2)CC1. The van der Waals surface area contributed by atoms with Crippen LogP contribution in [-0.4, -0.2) is 27.3 Å². The van der Waals surface area contributed by atoms with Crippen LogP contribution >= 0.6 is 0 Å². The number of rotatable bonds is 4. The molecule has 0 radical (unpaired) electrons. The Morgan fingerprint density at radius 1 is 1.28 bits per heavy atom. The highest BCUT2D eigenvalue weighted by atomic mass is 19.3. The van der Waals surface area contributed by atoms with E-state index in [1.54, 1.807) is 27.7 Å². The first kappa shape index (κ1) is 19.3. The first-order chi connectivity index (χ1) is 11.6. The van der Waals surface area contributed by atoms with Gasteiger partial charge >= 0.3 is 6.09 Å². The third-order valence-corrected chi connectivity index (χ3v) is 4.25. The number of hydrogen-bond acceptors (Lipinski definition) is 4. The molecule has 0 aliphatic heterocycles. The third-order valence-electron chi connectivity index (χ3n) is 4.25. The molecule has 1 aliphatic carbocycles. The van der Waals surface area contributed by atoms with Crippen LogP contribution in [0.3, 0.4) is 0 Å². The summed E-state index contributed by atoms with van der Waals surface area (Å²) < 4.78 is 33.1. The number of amides is 1. The Kier molecular flexibility index (Phi) is 5.80. The average molecular weight is 357 g/mol. The molecule has 0 aromatic carbocycles. The number of halogens is 2. The number of hydrogen-bond donors (Lipinski definition) is 1. The Balaban J connectivity index is 2.11. The number of aromatic nitrogens is 2. The lowest BCUT2D eigenvalue weighted by atomic mass is 9.84. The molecular formula is C17H25F2N3O3. The van der Waals surface area contributed by atoms with Gasteiger partial charge in [-0.25, -0.2) is 13.6 Å². The Morgan fingerprint density at radius 2 is 1.88 bits per heavy atom. The van der Waals surface area contributed by atoms with Crippen molar-refractivity contribution in [2.24, 2.45) is 5.92 Å². The number of carbonyl (C=O) groups excluding carboxylic acids is 2. The highest BCUT2D eigenvalue weighted by Gasteiger charge is 2.28. The first-order valence-corrected chi connectivity index (χ1v) is 8.44. The van der Waals surface area contributed by atoms with E-state index in [0.29, 0.717) is 12.8 Å². The van der Waals surface area contributed by atoms with E-state index in [-0.39, 0.29) is 23.4 Å². The zero-order valence-electron chi connectivity index (χ0n) is 15.0. The van der Waals surface area contributed by atoms with Crippen molar-refractivity contribution in [2.45, 2.75) is 71.4 Å². The van der Waals surface area contributed by atoms with Gasteiger partial charge in [-0.05, 0) is 53.4 Å². The molecule has 1 aliphatic rings. The number of Topliss-reactive ketones (excluding diaryl/α,β-unsaturated/α-hetero) is 1. The van der Waals surface area contributed by atoms with E-state index in [1.165, 1.54) is 10.9 Å². The summed E-state index contributed by atoms with van der Waals surface area (Å²) in [7, 11) is 0. The molecule has 0 atom stereocenters. The van der Waals surface area contributed by atoms with E-state index in [2.05, 4.69) is 10.4 Å². The van der Waals surface area contributed by atoms with Crippen molar-refractivity contribution in [2.75, 3.05) is 5.32 Å². The molecule has 0 saturated heterocycles. The quantitative estimate of drug-likeness (QED) is 0.862. The maximum Gasteiger partial charge on any atom is 0.412 e. The zero-order chi connectivity index (χ0) is 18.8. The van der Waals surface area contributed by atoms with Crippen LogP contribution in [0.5, 0.6) is 0 Å². The molecule has 1 aromatic heterocycles. The highest BCUT2D eigenvalue weighted by Crippen LogP contribution is 2.35. The van der Waals surface area contributed by atoms with Crippen LogP contribution in [0.4, 0.5) is 19.3 Å². The maximum atomic E-state index is 13.3. The second kappa shape index (κ2) is 7.49. The predicted molar refractivity (Wildman–Crippen MR) is 88.7 cm³/mol. The minimum Gasteiger partial charge on any atom is -0.444 e. The van der Waals surface area contributed by atoms with Crippen LogP contribution < -0.4 is 5.32 Å². The summed E-state index contributed by atoms with van der Waals surface area (Å²) in [6.07, 6.45) is 0.650. The maximum absolute atomic E-state index is 13.3. The summed E-state index contributed by atoms with van der Waals surface area (Å²) in [4.78, 5) is 23.3. The smallest absolute Gasteiger partial charge is 0.412 e. The molecular weight excluding hydrogens is 332 g/mol. The van der Waals surface area contributed by atoms with E-state index >= 15 is 0 Å². The van der Waals surface area contributed by atoms with Crippen molar-refractivity contribution in [1.82, 2.24) is 9.78 Å². The fourth-order valence-electron chi connectivity index (χ4n) is 3.01. The lowest BCUT2D eigenvalue weighted by Crippen LogP contribution is -2.27. The summed E-state index contributed by atoms with van der Waals surface area (Å²) in [6, 6.07) is -0.0534. The van der Waals surface area contributed by atoms with Crippen LogP contribution in [0, 0.1) is 5.92 Å². The van der Waals surface area contributed by atoms with Crippen molar-refractivity contribution >= 4 is 17.6 Å². The minimum absolute atomic E-state index is 0.0424. The Hall–Kier alpha value is -1.99. The molecule has 1 amide bonds. The lowest BCUT2D eigenvalue weighted by Gasteiger charge is -2.27. The topological polar surface area (TPSA) is 73.2 Å². The fraction of sp³-hybridized carbons (Fsp3) is 0.706. The van der Waals surface area contributed by atoms with Crippen molar-refractivity contribution in [3.05, 3.63) is 11.9 Å². The summed E-state index contributed by atoms with van der Waals surface area (Å²) >= 11 is 0. The van der Waals surface area contributed by atoms with Gasteiger partial charge in [0.2, 0.25) is 0 Å². The third kappa shape index (κ3) is 5.24. The number of alkyl halides is 2. The number of ketones is 1. The van der Waals surface area contributed by atoms with Gasteiger partial charge in [0, 0.05) is 12.1 Å². The Labute approximate surface area is 145 Å². The molecule has 1 saturated carbocycles. The van der Waals surface area contributed by atoms with E-state index < -0.39 is 23.8 Å². The summed E-state index contributed by atoms with van der Waals surface area (Å²) in [5.74, 6) is 0.209. The molecule has 1 heterocycles. The van der Waals surface area contributed by atoms with Crippen molar-refractivity contribution in [1.29, 1.82) is 0 Å². The van der Waals surface area contributed by atoms with Crippen LogP contribution in [-0.2, 0) is 9.53 Å². The van der Waals surface area contributed by atoms with Crippen LogP contribution in [0.25, 0.3) is 0 Å². The number of carbonyl (C=O) groups is 2. The number of anilines is 1. The molecule has 2 rings (SSSR count). The van der Waals surface area contributed by atoms with Crippen molar-refractivity contribution < 1.29 is 23.1 Å². The van der Waals surface area contributed by atoms with Crippen LogP contribution in [0.15, 0.2) is 6.20 Å². The molecule has 8 heteroatoms. The Morgan fingerprint density at radius 3 is 2.36 bits per heavy atom. The molecule has 140 valence electrons. The van der Waals surface area contributed by atoms with Gasteiger partial charge in [0.25, 0.3) is 6.43 Å². The zero-order valence-corrected chi connectivity index (χ0v) is 15.0. The van der Waals surface area contributed by atoms with Gasteiger partial charge in [0.1, 0.15) is 11.4 Å². The number of nitrogens with one attached hydrogen (secondary N) is 1. The molecule has 25 heavy (non-hydrogen) atoms. The van der Waals surface area contributed by atoms with Gasteiger partial charge in [-0.15, -0.1) is 0 Å². The van der Waals surface area contributed by atoms with Gasteiger partial charge in [0.05, 0.1) is 11.7 Å². The van der Waals surface area contributed by atoms with Gasteiger partial charge in [-0.2, -0.15) is 5.10 Å². The van der Waals surface area contributed by atoms with Crippen molar-refractivity contribution in [3.63, 3.8) is 0 Å². The van der Waals surface area contributed by atoms with Gasteiger partial charge in [-0.1, -0.05) is 0 Å². The predicted octanol–water partition coefficient (Wildman–Crippen LogP) is 4.49. The average Bonchev–Trinajstić information content (AvgIpc) is 2.89. The second-order valence-corrected chi connectivity index (χ2v) is 7.45. The molecule has 1 aromatic rings. The van der Waals surface area contributed by atoms with Gasteiger partial charge in [0.15, 0.2) is 5.69 Å². The summed E-state index contributed by atoms with van der Waals surface area (Å²) in [5.41, 5.74) is -1.24. The largest absolute Gasteiger partial charge is 0.444 e. The van der Waals surface area contributed by atoms with E-state index in [9.17, 15) is 18.4 Å². The lowest BCUT2D eigenvalue weighted by molar-refractivity contribution is -0.121. The fourth-order valence-corrected chi connectivity index (χ4v) is 3.01. The van der Waals surface area contributed by atoms with E-state index in [1.807, 2.05) is 0 Å². The Bertz CT molecular complexity index is 630. The molecule has 6 nitrogen and oxygen atoms in total. The molecule has 1 fully saturated rings.